The summed E-state index contributed by atoms with van der Waals surface area (Å²) in [5, 5.41) is 11.6. The number of anilines is 1. The van der Waals surface area contributed by atoms with Gasteiger partial charge in [-0.3, -0.25) is 4.79 Å². The second-order valence-corrected chi connectivity index (χ2v) is 5.26. The molecule has 108 valence electrons. The van der Waals surface area contributed by atoms with Crippen molar-refractivity contribution >= 4 is 33.5 Å². The molecule has 21 heavy (non-hydrogen) atoms. The largest absolute Gasteiger partial charge is 0.477 e. The van der Waals surface area contributed by atoms with Crippen molar-refractivity contribution in [1.82, 2.24) is 4.98 Å². The average molecular weight is 349 g/mol. The topological polar surface area (TPSA) is 79.3 Å². The molecule has 0 saturated carbocycles. The van der Waals surface area contributed by atoms with Crippen LogP contribution in [0, 0.1) is 0 Å². The lowest BCUT2D eigenvalue weighted by Gasteiger charge is -2.10. The number of amides is 1. The summed E-state index contributed by atoms with van der Waals surface area (Å²) in [6.07, 6.45) is 2.04. The van der Waals surface area contributed by atoms with E-state index in [4.69, 9.17) is 5.11 Å². The Bertz CT molecular complexity index is 684. The number of benzene rings is 1. The van der Waals surface area contributed by atoms with Gasteiger partial charge in [-0.1, -0.05) is 22.9 Å². The van der Waals surface area contributed by atoms with Crippen molar-refractivity contribution in [1.29, 1.82) is 0 Å². The number of hydrogen-bond donors (Lipinski definition) is 2. The first-order valence-corrected chi connectivity index (χ1v) is 7.09. The Morgan fingerprint density at radius 1 is 1.29 bits per heavy atom. The van der Waals surface area contributed by atoms with Crippen molar-refractivity contribution < 1.29 is 14.7 Å². The van der Waals surface area contributed by atoms with E-state index >= 15 is 0 Å². The molecule has 1 heterocycles. The van der Waals surface area contributed by atoms with Gasteiger partial charge >= 0.3 is 5.97 Å². The van der Waals surface area contributed by atoms with Crippen LogP contribution in [0.3, 0.4) is 0 Å². The average Bonchev–Trinajstić information content (AvgIpc) is 2.49. The van der Waals surface area contributed by atoms with Crippen molar-refractivity contribution in [2.75, 3.05) is 5.32 Å². The first-order valence-electron chi connectivity index (χ1n) is 6.30. The van der Waals surface area contributed by atoms with Gasteiger partial charge in [-0.25, -0.2) is 9.78 Å². The highest BCUT2D eigenvalue weighted by atomic mass is 79.9. The fourth-order valence-electron chi connectivity index (χ4n) is 1.83. The second kappa shape index (κ2) is 6.49. The first kappa shape index (κ1) is 15.2. The van der Waals surface area contributed by atoms with Crippen molar-refractivity contribution in [3.63, 3.8) is 0 Å². The number of carbonyl (C=O) groups excluding carboxylic acids is 1. The van der Waals surface area contributed by atoms with Crippen LogP contribution < -0.4 is 5.32 Å². The Morgan fingerprint density at radius 3 is 2.62 bits per heavy atom. The van der Waals surface area contributed by atoms with Crippen molar-refractivity contribution in [2.24, 2.45) is 0 Å². The minimum absolute atomic E-state index is 0.0931. The molecule has 0 bridgehead atoms. The monoisotopic (exact) mass is 348 g/mol. The van der Waals surface area contributed by atoms with Crippen LogP contribution in [-0.4, -0.2) is 22.0 Å². The van der Waals surface area contributed by atoms with E-state index in [0.29, 0.717) is 5.56 Å². The Morgan fingerprint density at radius 2 is 2.05 bits per heavy atom. The number of hydrogen-bond acceptors (Lipinski definition) is 3. The number of nitrogens with zero attached hydrogens (tertiary/aromatic N) is 1. The Labute approximate surface area is 130 Å². The maximum Gasteiger partial charge on any atom is 0.354 e. The number of aromatic nitrogens is 1. The summed E-state index contributed by atoms with van der Waals surface area (Å²) in [6.45, 7) is 2.00. The second-order valence-electron chi connectivity index (χ2n) is 4.35. The summed E-state index contributed by atoms with van der Waals surface area (Å²) in [6, 6.07) is 8.36. The zero-order chi connectivity index (χ0) is 15.4. The molecule has 1 aromatic carbocycles. The molecule has 0 aliphatic rings. The van der Waals surface area contributed by atoms with Gasteiger partial charge < -0.3 is 10.4 Å². The smallest absolute Gasteiger partial charge is 0.354 e. The number of aromatic carboxylic acids is 1. The number of carboxylic acids is 1. The van der Waals surface area contributed by atoms with Gasteiger partial charge in [0.2, 0.25) is 0 Å². The minimum atomic E-state index is -1.12. The SMILES string of the molecule is CCc1cc(Br)ccc1NC(=O)c1ccc(C(=O)O)nc1. The fraction of sp³-hybridized carbons (Fsp3) is 0.133. The van der Waals surface area contributed by atoms with Gasteiger partial charge in [0.05, 0.1) is 5.56 Å². The number of carbonyl (C=O) groups is 2. The third-order valence-corrected chi connectivity index (χ3v) is 3.43. The summed E-state index contributed by atoms with van der Waals surface area (Å²) >= 11 is 3.39. The van der Waals surface area contributed by atoms with Crippen LogP contribution >= 0.6 is 15.9 Å². The predicted octanol–water partition coefficient (Wildman–Crippen LogP) is 3.36. The number of nitrogens with one attached hydrogen (secondary N) is 1. The molecule has 2 aromatic rings. The van der Waals surface area contributed by atoms with Gasteiger partial charge in [-0.2, -0.15) is 0 Å². The van der Waals surface area contributed by atoms with Crippen LogP contribution in [0.4, 0.5) is 5.69 Å². The van der Waals surface area contributed by atoms with Gasteiger partial charge in [-0.15, -0.1) is 0 Å². The molecule has 0 spiro atoms. The van der Waals surface area contributed by atoms with Crippen molar-refractivity contribution in [3.8, 4) is 0 Å². The molecule has 0 aliphatic carbocycles. The molecule has 0 unspecified atom stereocenters. The summed E-state index contributed by atoms with van der Waals surface area (Å²) in [5.74, 6) is -1.44. The lowest BCUT2D eigenvalue weighted by atomic mass is 10.1. The molecule has 5 nitrogen and oxygen atoms in total. The van der Waals surface area contributed by atoms with E-state index < -0.39 is 5.97 Å². The minimum Gasteiger partial charge on any atom is -0.477 e. The predicted molar refractivity (Wildman–Crippen MR) is 82.7 cm³/mol. The molecule has 0 fully saturated rings. The van der Waals surface area contributed by atoms with Crippen LogP contribution in [0.5, 0.6) is 0 Å². The Balaban J connectivity index is 2.19. The van der Waals surface area contributed by atoms with Gasteiger partial charge in [-0.05, 0) is 42.3 Å². The van der Waals surface area contributed by atoms with E-state index in [9.17, 15) is 9.59 Å². The van der Waals surface area contributed by atoms with Gasteiger partial charge in [0, 0.05) is 16.4 Å². The fourth-order valence-corrected chi connectivity index (χ4v) is 2.23. The van der Waals surface area contributed by atoms with E-state index in [-0.39, 0.29) is 11.6 Å². The molecule has 2 N–H and O–H groups in total. The van der Waals surface area contributed by atoms with Crippen LogP contribution in [0.25, 0.3) is 0 Å². The molecule has 1 aromatic heterocycles. The Hall–Kier alpha value is -2.21. The molecule has 1 amide bonds. The number of aryl methyl sites for hydroxylation is 1. The molecule has 0 radical (unpaired) electrons. The number of pyridine rings is 1. The first-order chi connectivity index (χ1) is 10.0. The molecular formula is C15H13BrN2O3. The van der Waals surface area contributed by atoms with Crippen LogP contribution in [-0.2, 0) is 6.42 Å². The lowest BCUT2D eigenvalue weighted by molar-refractivity contribution is 0.0690. The maximum absolute atomic E-state index is 12.1. The highest BCUT2D eigenvalue weighted by molar-refractivity contribution is 9.10. The quantitative estimate of drug-likeness (QED) is 0.887. The van der Waals surface area contributed by atoms with Crippen LogP contribution in [0.2, 0.25) is 0 Å². The Kier molecular flexibility index (Phi) is 4.70. The summed E-state index contributed by atoms with van der Waals surface area (Å²) in [4.78, 5) is 26.6. The number of rotatable bonds is 4. The van der Waals surface area contributed by atoms with E-state index in [1.807, 2.05) is 25.1 Å². The van der Waals surface area contributed by atoms with E-state index in [2.05, 4.69) is 26.2 Å². The third-order valence-electron chi connectivity index (χ3n) is 2.94. The molecule has 6 heteroatoms. The standard InChI is InChI=1S/C15H13BrN2O3/c1-2-9-7-11(16)4-6-12(9)18-14(19)10-3-5-13(15(20)21)17-8-10/h3-8H,2H2,1H3,(H,18,19)(H,20,21). The lowest BCUT2D eigenvalue weighted by Crippen LogP contribution is -2.14. The highest BCUT2D eigenvalue weighted by Crippen LogP contribution is 2.22. The number of halogens is 1. The zero-order valence-electron chi connectivity index (χ0n) is 11.3. The van der Waals surface area contributed by atoms with Crippen molar-refractivity contribution in [3.05, 3.63) is 57.8 Å². The highest BCUT2D eigenvalue weighted by Gasteiger charge is 2.11. The van der Waals surface area contributed by atoms with Gasteiger partial charge in [0.1, 0.15) is 5.69 Å². The van der Waals surface area contributed by atoms with Crippen LogP contribution in [0.1, 0.15) is 33.3 Å². The summed E-state index contributed by atoms with van der Waals surface area (Å²) < 4.78 is 0.949. The molecule has 2 rings (SSSR count). The van der Waals surface area contributed by atoms with Gasteiger partial charge in [0.25, 0.3) is 5.91 Å². The van der Waals surface area contributed by atoms with E-state index in [1.165, 1.54) is 18.3 Å². The third kappa shape index (κ3) is 3.66. The normalized spacial score (nSPS) is 10.2. The van der Waals surface area contributed by atoms with Crippen molar-refractivity contribution in [2.45, 2.75) is 13.3 Å². The van der Waals surface area contributed by atoms with E-state index in [1.54, 1.807) is 0 Å². The van der Waals surface area contributed by atoms with E-state index in [0.717, 1.165) is 22.1 Å². The molecule has 0 atom stereocenters. The number of carboxylic acid groups (broad SMARTS) is 1. The molecule has 0 aliphatic heterocycles. The molecule has 0 saturated heterocycles. The summed E-state index contributed by atoms with van der Waals surface area (Å²) in [5.41, 5.74) is 1.95. The summed E-state index contributed by atoms with van der Waals surface area (Å²) in [7, 11) is 0. The van der Waals surface area contributed by atoms with Gasteiger partial charge in [0.15, 0.2) is 0 Å². The maximum atomic E-state index is 12.1. The molecular weight excluding hydrogens is 336 g/mol. The van der Waals surface area contributed by atoms with Crippen LogP contribution in [0.15, 0.2) is 41.0 Å². The zero-order valence-corrected chi connectivity index (χ0v) is 12.8.